The van der Waals surface area contributed by atoms with Crippen LogP contribution in [0.4, 0.5) is 0 Å². The Morgan fingerprint density at radius 2 is 0.376 bits per heavy atom. The molecule has 4 heteroatoms. The van der Waals surface area contributed by atoms with Crippen LogP contribution in [0.2, 0.25) is 0 Å². The Bertz CT molecular complexity index is 4100. The van der Waals surface area contributed by atoms with Crippen molar-refractivity contribution in [1.82, 2.24) is 0 Å². The fourth-order valence-corrected chi connectivity index (χ4v) is 14.0. The third-order valence-corrected chi connectivity index (χ3v) is 21.9. The summed E-state index contributed by atoms with van der Waals surface area (Å²) in [4.78, 5) is 3.28. The predicted octanol–water partition coefficient (Wildman–Crippen LogP) is 27.4. The number of hydrogen-bond acceptors (Lipinski definition) is 3. The first-order chi connectivity index (χ1) is 46.6. The van der Waals surface area contributed by atoms with Crippen molar-refractivity contribution in [2.75, 3.05) is 0 Å². The molecule has 10 aromatic rings. The molecule has 0 saturated heterocycles. The first kappa shape index (κ1) is 80.6. The van der Waals surface area contributed by atoms with Crippen molar-refractivity contribution in [2.24, 2.45) is 0 Å². The Kier molecular flexibility index (Phi) is 25.4. The van der Waals surface area contributed by atoms with Crippen LogP contribution >= 0.6 is 11.8 Å². The average molecular weight is 1380 g/mol. The molecule has 0 radical (unpaired) electrons. The lowest BCUT2D eigenvalue weighted by Crippen LogP contribution is -2.20. The maximum atomic E-state index is 12.8. The van der Waals surface area contributed by atoms with Crippen LogP contribution in [0, 0.1) is 0 Å². The summed E-state index contributed by atoms with van der Waals surface area (Å²) < 4.78 is 25.5. The molecular weight excluding hydrogens is 1260 g/mol. The minimum atomic E-state index is -3.46. The van der Waals surface area contributed by atoms with Crippen molar-refractivity contribution in [3.63, 3.8) is 0 Å². The second-order valence-electron chi connectivity index (χ2n) is 36.1. The summed E-state index contributed by atoms with van der Waals surface area (Å²) in [7, 11) is -3.46. The van der Waals surface area contributed by atoms with E-state index in [0.29, 0.717) is 9.79 Å². The van der Waals surface area contributed by atoms with E-state index in [2.05, 4.69) is 386 Å². The first-order valence-electron chi connectivity index (χ1n) is 36.3. The summed E-state index contributed by atoms with van der Waals surface area (Å²) in [6.07, 6.45) is 0. The van der Waals surface area contributed by atoms with Crippen LogP contribution < -0.4 is 0 Å². The van der Waals surface area contributed by atoms with Gasteiger partial charge in [-0.05, 0) is 181 Å². The molecule has 0 saturated carbocycles. The summed E-state index contributed by atoms with van der Waals surface area (Å²) in [5, 5.41) is 0. The second-order valence-corrected chi connectivity index (χ2v) is 39.2. The highest BCUT2D eigenvalue weighted by atomic mass is 32.2. The van der Waals surface area contributed by atoms with Gasteiger partial charge >= 0.3 is 0 Å². The van der Waals surface area contributed by atoms with E-state index in [0.717, 1.165) is 11.1 Å². The van der Waals surface area contributed by atoms with E-state index < -0.39 is 9.84 Å². The predicted molar refractivity (Wildman–Crippen MR) is 441 cm³/mol. The second kappa shape index (κ2) is 31.9. The van der Waals surface area contributed by atoms with Crippen LogP contribution in [0.15, 0.2) is 274 Å². The van der Waals surface area contributed by atoms with E-state index in [1.54, 1.807) is 24.3 Å². The molecule has 0 spiro atoms. The van der Waals surface area contributed by atoms with E-state index in [1.807, 2.05) is 36.0 Å². The highest BCUT2D eigenvalue weighted by Gasteiger charge is 2.27. The molecule has 532 valence electrons. The third kappa shape index (κ3) is 22.1. The monoisotopic (exact) mass is 1380 g/mol. The van der Waals surface area contributed by atoms with Crippen molar-refractivity contribution < 1.29 is 8.42 Å². The zero-order valence-corrected chi connectivity index (χ0v) is 68.0. The summed E-state index contributed by atoms with van der Waals surface area (Å²) in [5.41, 5.74) is 21.8. The fourth-order valence-electron chi connectivity index (χ4n) is 11.9. The molecule has 0 aromatic heterocycles. The molecule has 0 aliphatic rings. The van der Waals surface area contributed by atoms with Crippen molar-refractivity contribution in [3.8, 4) is 0 Å². The lowest BCUT2D eigenvalue weighted by atomic mass is 9.75. The van der Waals surface area contributed by atoms with Crippen molar-refractivity contribution >= 4 is 32.7 Å². The maximum Gasteiger partial charge on any atom is 0.206 e. The summed E-state index contributed by atoms with van der Waals surface area (Å²) in [6.45, 7) is 58.0. The van der Waals surface area contributed by atoms with Crippen LogP contribution in [-0.2, 0) is 58.6 Å². The van der Waals surface area contributed by atoms with Crippen LogP contribution in [0.1, 0.15) is 258 Å². The zero-order valence-electron chi connectivity index (χ0n) is 66.4. The summed E-state index contributed by atoms with van der Waals surface area (Å²) >= 11 is 1.83. The molecule has 0 aliphatic heterocycles. The van der Waals surface area contributed by atoms with Gasteiger partial charge in [0.1, 0.15) is 0 Å². The number of sulfone groups is 1. The van der Waals surface area contributed by atoms with Gasteiger partial charge in [0.15, 0.2) is 0 Å². The number of rotatable bonds is 10. The Labute approximate surface area is 618 Å². The smallest absolute Gasteiger partial charge is 0.206 e. The Hall–Kier alpha value is -7.76. The van der Waals surface area contributed by atoms with Crippen LogP contribution in [0.3, 0.4) is 0 Å². The summed E-state index contributed by atoms with van der Waals surface area (Å²) in [5.74, 6) is 0. The van der Waals surface area contributed by atoms with Crippen LogP contribution in [0.5, 0.6) is 0 Å². The molecule has 0 atom stereocenters. The fraction of sp³-hybridized carbons (Fsp3) is 0.361. The zero-order chi connectivity index (χ0) is 75.0. The van der Waals surface area contributed by atoms with E-state index >= 15 is 0 Å². The molecule has 0 heterocycles. The van der Waals surface area contributed by atoms with E-state index in [1.165, 1.54) is 87.7 Å². The molecular formula is C97H120O2S2. The molecule has 0 amide bonds. The maximum absolute atomic E-state index is 12.8. The largest absolute Gasteiger partial charge is 0.219 e. The molecule has 10 aromatic carbocycles. The molecule has 0 N–H and O–H groups in total. The molecule has 0 bridgehead atoms. The standard InChI is InChI=1S/C34H36.C23H32.C20H26O2S.C20H26S/c1-33(2,3)29-21-17-27(18-22-29)31(25-13-9-7-10-14-25)32(26-15-11-8-12-16-26)28-19-23-30(24-20-28)34(4,5)6;1-21(2,3)17-9-13-19(14-10-17)23(7,8)20-15-11-18(12-16-20)22(4,5)6;1-19(2,3)15-7-11-17(12-8-15)23(21,22)18-13-9-16(10-14-18)20(4,5)6;1-19(2,3)15-7-11-17(12-8-15)21-18-13-9-16(10-14-18)20(4,5)6/h7-24H,1-6H3;9-16H,1-8H3;7-14H,1-6H3;7-14H,1-6H3. The van der Waals surface area contributed by atoms with E-state index in [-0.39, 0.29) is 48.7 Å². The minimum absolute atomic E-state index is 0.0106. The Morgan fingerprint density at radius 3 is 0.584 bits per heavy atom. The van der Waals surface area contributed by atoms with Crippen LogP contribution in [0.25, 0.3) is 11.1 Å². The van der Waals surface area contributed by atoms with Gasteiger partial charge in [-0.15, -0.1) is 0 Å². The van der Waals surface area contributed by atoms with Gasteiger partial charge in [0.2, 0.25) is 9.84 Å². The Morgan fingerprint density at radius 1 is 0.208 bits per heavy atom. The molecule has 0 fully saturated rings. The lowest BCUT2D eigenvalue weighted by molar-refractivity contribution is 0.584. The van der Waals surface area contributed by atoms with Gasteiger partial charge in [-0.1, -0.05) is 398 Å². The molecule has 2 nitrogen and oxygen atoms in total. The summed E-state index contributed by atoms with van der Waals surface area (Å²) in [6, 6.07) is 90.4. The van der Waals surface area contributed by atoms with Crippen molar-refractivity contribution in [1.29, 1.82) is 0 Å². The topological polar surface area (TPSA) is 34.1 Å². The molecule has 0 unspecified atom stereocenters. The first-order valence-corrected chi connectivity index (χ1v) is 38.6. The number of benzene rings is 10. The molecule has 0 aliphatic carbocycles. The van der Waals surface area contributed by atoms with Crippen molar-refractivity contribution in [3.05, 3.63) is 333 Å². The SMILES string of the molecule is CC(C)(C)c1ccc(C(=C(c2ccccc2)c2ccc(C(C)(C)C)cc2)c2ccccc2)cc1.CC(C)(C)c1ccc(C(C)(C)c2ccc(C(C)(C)C)cc2)cc1.CC(C)(C)c1ccc(S(=O)(=O)c2ccc(C(C)(C)C)cc2)cc1.CC(C)(C)c1ccc(Sc2ccc(C(C)(C)C)cc2)cc1. The van der Waals surface area contributed by atoms with Crippen LogP contribution in [-0.4, -0.2) is 8.42 Å². The average Bonchev–Trinajstić information content (AvgIpc) is 0.791. The normalized spacial score (nSPS) is 12.9. The van der Waals surface area contributed by atoms with Gasteiger partial charge in [0.25, 0.3) is 0 Å². The lowest BCUT2D eigenvalue weighted by Gasteiger charge is -2.28. The van der Waals surface area contributed by atoms with Gasteiger partial charge in [-0.25, -0.2) is 8.42 Å². The van der Waals surface area contributed by atoms with Gasteiger partial charge in [0.05, 0.1) is 9.79 Å². The molecule has 10 rings (SSSR count). The third-order valence-electron chi connectivity index (χ3n) is 19.1. The van der Waals surface area contributed by atoms with Gasteiger partial charge < -0.3 is 0 Å². The number of hydrogen-bond donors (Lipinski definition) is 0. The Balaban J connectivity index is 0.000000193. The van der Waals surface area contributed by atoms with Crippen molar-refractivity contribution in [2.45, 2.75) is 248 Å². The van der Waals surface area contributed by atoms with Gasteiger partial charge in [-0.3, -0.25) is 0 Å². The minimum Gasteiger partial charge on any atom is -0.219 e. The molecule has 101 heavy (non-hydrogen) atoms. The van der Waals surface area contributed by atoms with Gasteiger partial charge in [-0.2, -0.15) is 0 Å². The van der Waals surface area contributed by atoms with E-state index in [4.69, 9.17) is 0 Å². The quantitative estimate of drug-likeness (QED) is 0.128. The highest BCUT2D eigenvalue weighted by Crippen LogP contribution is 2.41. The van der Waals surface area contributed by atoms with E-state index in [9.17, 15) is 8.42 Å². The highest BCUT2D eigenvalue weighted by molar-refractivity contribution is 7.99. The van der Waals surface area contributed by atoms with Gasteiger partial charge in [0, 0.05) is 15.2 Å².